The Balaban J connectivity index is 1.48. The van der Waals surface area contributed by atoms with Gasteiger partial charge in [-0.2, -0.15) is 0 Å². The topological polar surface area (TPSA) is 69.7 Å². The number of rotatable bonds is 5. The van der Waals surface area contributed by atoms with Crippen LogP contribution in [0.25, 0.3) is 11.3 Å². The highest BCUT2D eigenvalue weighted by Crippen LogP contribution is 2.34. The van der Waals surface area contributed by atoms with Gasteiger partial charge in [-0.05, 0) is 43.2 Å². The molecule has 1 saturated heterocycles. The van der Waals surface area contributed by atoms with Crippen LogP contribution in [0.2, 0.25) is 0 Å². The molecular weight excluding hydrogens is 358 g/mol. The number of aromatic nitrogens is 2. The lowest BCUT2D eigenvalue weighted by atomic mass is 10.0. The van der Waals surface area contributed by atoms with Gasteiger partial charge in [0.25, 0.3) is 5.91 Å². The zero-order chi connectivity index (χ0) is 19.5. The molecule has 0 aliphatic carbocycles. The van der Waals surface area contributed by atoms with E-state index >= 15 is 0 Å². The molecule has 0 N–H and O–H groups in total. The van der Waals surface area contributed by atoms with E-state index < -0.39 is 0 Å². The van der Waals surface area contributed by atoms with E-state index in [0.29, 0.717) is 47.6 Å². The van der Waals surface area contributed by atoms with Crippen LogP contribution in [0, 0.1) is 0 Å². The van der Waals surface area contributed by atoms with E-state index in [2.05, 4.69) is 22.1 Å². The van der Waals surface area contributed by atoms with Crippen molar-refractivity contribution in [3.63, 3.8) is 0 Å². The Labute approximate surface area is 163 Å². The summed E-state index contributed by atoms with van der Waals surface area (Å²) in [6.45, 7) is 1.40. The Morgan fingerprint density at radius 1 is 1.11 bits per heavy atom. The molecule has 0 radical (unpaired) electrons. The quantitative estimate of drug-likeness (QED) is 0.675. The summed E-state index contributed by atoms with van der Waals surface area (Å²) in [5, 5.41) is 4.00. The monoisotopic (exact) mass is 381 g/mol. The van der Waals surface area contributed by atoms with Crippen molar-refractivity contribution in [2.24, 2.45) is 0 Å². The Kier molecular flexibility index (Phi) is 5.06. The fourth-order valence-corrected chi connectivity index (χ4v) is 3.63. The van der Waals surface area contributed by atoms with Crippen LogP contribution in [0.5, 0.6) is 11.5 Å². The first kappa shape index (κ1) is 18.2. The average Bonchev–Trinajstić information content (AvgIpc) is 3.45. The van der Waals surface area contributed by atoms with Crippen LogP contribution in [-0.4, -0.2) is 47.8 Å². The predicted molar refractivity (Wildman–Crippen MR) is 104 cm³/mol. The smallest absolute Gasteiger partial charge is 0.276 e. The number of nitrogens with zero attached hydrogens (tertiary/aromatic N) is 3. The molecule has 0 unspecified atom stereocenters. The van der Waals surface area contributed by atoms with E-state index in [1.807, 2.05) is 17.0 Å². The van der Waals surface area contributed by atoms with Crippen LogP contribution in [0.15, 0.2) is 53.3 Å². The van der Waals surface area contributed by atoms with E-state index in [1.54, 1.807) is 38.5 Å². The van der Waals surface area contributed by atoms with Crippen LogP contribution >= 0.6 is 0 Å². The van der Waals surface area contributed by atoms with E-state index in [1.165, 1.54) is 0 Å². The van der Waals surface area contributed by atoms with Gasteiger partial charge in [0.1, 0.15) is 11.5 Å². The van der Waals surface area contributed by atoms with Gasteiger partial charge in [-0.1, -0.05) is 5.16 Å². The molecule has 4 rings (SSSR count). The number of carbonyl (C=O) groups excluding carboxylic acids is 1. The molecule has 7 heteroatoms. The fourth-order valence-electron chi connectivity index (χ4n) is 3.63. The number of amides is 1. The van der Waals surface area contributed by atoms with Gasteiger partial charge in [0.15, 0.2) is 11.5 Å². The molecule has 3 aromatic rings. The number of benzene rings is 1. The summed E-state index contributed by atoms with van der Waals surface area (Å²) < 4.78 is 18.3. The predicted octanol–water partition coefficient (Wildman–Crippen LogP) is 3.64. The van der Waals surface area contributed by atoms with Crippen LogP contribution < -0.4 is 9.47 Å². The fraction of sp³-hybridized carbons (Fsp3) is 0.333. The first-order chi connectivity index (χ1) is 13.7. The van der Waals surface area contributed by atoms with Crippen LogP contribution in [0.3, 0.4) is 0 Å². The first-order valence-corrected chi connectivity index (χ1v) is 9.30. The molecular formula is C21H23N3O4. The van der Waals surface area contributed by atoms with Gasteiger partial charge >= 0.3 is 0 Å². The van der Waals surface area contributed by atoms with E-state index in [9.17, 15) is 4.79 Å². The van der Waals surface area contributed by atoms with Gasteiger partial charge in [0.05, 0.1) is 19.8 Å². The maximum absolute atomic E-state index is 12.9. The largest absolute Gasteiger partial charge is 0.497 e. The number of carbonyl (C=O) groups is 1. The number of likely N-dealkylation sites (tertiary alicyclic amines) is 1. The van der Waals surface area contributed by atoms with Gasteiger partial charge in [-0.3, -0.25) is 4.79 Å². The molecule has 28 heavy (non-hydrogen) atoms. The second-order valence-electron chi connectivity index (χ2n) is 6.80. The van der Waals surface area contributed by atoms with E-state index in [0.717, 1.165) is 12.8 Å². The SMILES string of the molecule is COc1ccc(OC)c(-c2cc(C(=O)N3CCC(n4cccc4)CC3)no2)c1. The highest BCUT2D eigenvalue weighted by Gasteiger charge is 2.26. The van der Waals surface area contributed by atoms with Crippen molar-refractivity contribution in [3.05, 3.63) is 54.5 Å². The minimum absolute atomic E-state index is 0.109. The summed E-state index contributed by atoms with van der Waals surface area (Å²) in [5.74, 6) is 1.67. The van der Waals surface area contributed by atoms with Crippen molar-refractivity contribution in [2.75, 3.05) is 27.3 Å². The van der Waals surface area contributed by atoms with Gasteiger partial charge in [0.2, 0.25) is 0 Å². The third kappa shape index (κ3) is 3.47. The molecule has 0 spiro atoms. The number of piperidine rings is 1. The molecule has 0 saturated carbocycles. The zero-order valence-electron chi connectivity index (χ0n) is 16.0. The summed E-state index contributed by atoms with van der Waals surface area (Å²) in [7, 11) is 3.18. The molecule has 146 valence electrons. The third-order valence-corrected chi connectivity index (χ3v) is 5.20. The molecule has 0 atom stereocenters. The van der Waals surface area contributed by atoms with Crippen molar-refractivity contribution in [1.82, 2.24) is 14.6 Å². The molecule has 3 heterocycles. The van der Waals surface area contributed by atoms with Crippen LogP contribution in [0.1, 0.15) is 29.4 Å². The molecule has 2 aromatic heterocycles. The summed E-state index contributed by atoms with van der Waals surface area (Å²) in [4.78, 5) is 14.7. The second-order valence-corrected chi connectivity index (χ2v) is 6.80. The van der Waals surface area contributed by atoms with Gasteiger partial charge in [0, 0.05) is 37.6 Å². The summed E-state index contributed by atoms with van der Waals surface area (Å²) in [6.07, 6.45) is 6.00. The van der Waals surface area contributed by atoms with E-state index in [-0.39, 0.29) is 5.91 Å². The number of hydrogen-bond donors (Lipinski definition) is 0. The standard InChI is InChI=1S/C21H23N3O4/c1-26-16-5-6-19(27-2)17(13-16)20-14-18(22-28-20)21(25)24-11-7-15(8-12-24)23-9-3-4-10-23/h3-6,9-10,13-15H,7-8,11-12H2,1-2H3. The average molecular weight is 381 g/mol. The highest BCUT2D eigenvalue weighted by molar-refractivity contribution is 5.93. The molecule has 1 fully saturated rings. The molecule has 1 amide bonds. The molecule has 1 aliphatic rings. The number of ether oxygens (including phenoxy) is 2. The maximum atomic E-state index is 12.9. The first-order valence-electron chi connectivity index (χ1n) is 9.30. The molecule has 0 bridgehead atoms. The summed E-state index contributed by atoms with van der Waals surface area (Å²) in [5.41, 5.74) is 0.999. The van der Waals surface area contributed by atoms with Gasteiger partial charge in [-0.15, -0.1) is 0 Å². The van der Waals surface area contributed by atoms with Crippen LogP contribution in [-0.2, 0) is 0 Å². The zero-order valence-corrected chi connectivity index (χ0v) is 16.0. The van der Waals surface area contributed by atoms with Gasteiger partial charge in [-0.25, -0.2) is 0 Å². The maximum Gasteiger partial charge on any atom is 0.276 e. The van der Waals surface area contributed by atoms with Gasteiger partial charge < -0.3 is 23.5 Å². The lowest BCUT2D eigenvalue weighted by molar-refractivity contribution is 0.0684. The van der Waals surface area contributed by atoms with E-state index in [4.69, 9.17) is 14.0 Å². The van der Waals surface area contributed by atoms with Crippen molar-refractivity contribution in [2.45, 2.75) is 18.9 Å². The third-order valence-electron chi connectivity index (χ3n) is 5.20. The molecule has 1 aromatic carbocycles. The van der Waals surface area contributed by atoms with Crippen molar-refractivity contribution < 1.29 is 18.8 Å². The minimum Gasteiger partial charge on any atom is -0.497 e. The number of methoxy groups -OCH3 is 2. The Morgan fingerprint density at radius 2 is 1.86 bits per heavy atom. The summed E-state index contributed by atoms with van der Waals surface area (Å²) in [6, 6.07) is 11.6. The minimum atomic E-state index is -0.109. The van der Waals surface area contributed by atoms with Crippen molar-refractivity contribution in [1.29, 1.82) is 0 Å². The lowest BCUT2D eigenvalue weighted by Crippen LogP contribution is -2.39. The van der Waals surface area contributed by atoms with Crippen LogP contribution in [0.4, 0.5) is 0 Å². The van der Waals surface area contributed by atoms with Crippen molar-refractivity contribution in [3.8, 4) is 22.8 Å². The number of hydrogen-bond acceptors (Lipinski definition) is 5. The lowest BCUT2D eigenvalue weighted by Gasteiger charge is -2.32. The summed E-state index contributed by atoms with van der Waals surface area (Å²) >= 11 is 0. The normalized spacial score (nSPS) is 14.9. The Morgan fingerprint density at radius 3 is 2.54 bits per heavy atom. The Hall–Kier alpha value is -3.22. The van der Waals surface area contributed by atoms with Crippen molar-refractivity contribution >= 4 is 5.91 Å². The molecule has 7 nitrogen and oxygen atoms in total. The highest BCUT2D eigenvalue weighted by atomic mass is 16.5. The second kappa shape index (κ2) is 7.80. The molecule has 1 aliphatic heterocycles. The Bertz CT molecular complexity index is 940.